The lowest BCUT2D eigenvalue weighted by Crippen LogP contribution is -2.53. The highest BCUT2D eigenvalue weighted by Crippen LogP contribution is 2.39. The molecule has 0 aliphatic carbocycles. The van der Waals surface area contributed by atoms with E-state index in [4.69, 9.17) is 6.57 Å². The van der Waals surface area contributed by atoms with E-state index in [2.05, 4.69) is 61.3 Å². The van der Waals surface area contributed by atoms with Crippen molar-refractivity contribution in [2.24, 2.45) is 0 Å². The van der Waals surface area contributed by atoms with Crippen molar-refractivity contribution in [1.29, 1.82) is 15.8 Å². The third-order valence-electron chi connectivity index (χ3n) is 8.12. The Kier molecular flexibility index (Phi) is 4.46. The van der Waals surface area contributed by atoms with E-state index in [0.717, 1.165) is 38.4 Å². The van der Waals surface area contributed by atoms with Crippen molar-refractivity contribution >= 4 is 67.1 Å². The summed E-state index contributed by atoms with van der Waals surface area (Å²) in [6.07, 6.45) is 3.68. The van der Waals surface area contributed by atoms with Gasteiger partial charge in [-0.1, -0.05) is 36.4 Å². The predicted octanol–water partition coefficient (Wildman–Crippen LogP) is 5.42. The van der Waals surface area contributed by atoms with E-state index in [1.807, 2.05) is 30.5 Å². The lowest BCUT2D eigenvalue weighted by atomic mass is 9.48. The van der Waals surface area contributed by atoms with Crippen LogP contribution >= 0.6 is 0 Å². The SMILES string of the molecule is [C-]#[N+]c1cc(C#N)c2c(c1)c1cc(C#N)cc(C#N)c1n2B1c2ccccc2-n2c3ccncc3c3cccc1c32. The molecule has 4 heterocycles. The van der Waals surface area contributed by atoms with Crippen LogP contribution in [0.5, 0.6) is 0 Å². The third kappa shape index (κ3) is 2.80. The van der Waals surface area contributed by atoms with Crippen LogP contribution in [0.4, 0.5) is 5.69 Å². The Labute approximate surface area is 233 Å². The maximum Gasteiger partial charge on any atom is 0.332 e. The molecule has 184 valence electrons. The number of nitrogens with zero attached hydrogens (tertiary/aromatic N) is 7. The topological polar surface area (TPSA) is 98.5 Å². The molecule has 0 amide bonds. The van der Waals surface area contributed by atoms with Gasteiger partial charge in [-0.15, -0.1) is 0 Å². The molecule has 3 aromatic heterocycles. The summed E-state index contributed by atoms with van der Waals surface area (Å²) in [5, 5.41) is 33.9. The average molecular weight is 519 g/mol. The van der Waals surface area contributed by atoms with Gasteiger partial charge in [0.05, 0.1) is 57.5 Å². The molecule has 0 N–H and O–H groups in total. The summed E-state index contributed by atoms with van der Waals surface area (Å²) in [6, 6.07) is 29.9. The smallest absolute Gasteiger partial charge is 0.332 e. The molecule has 8 heteroatoms. The van der Waals surface area contributed by atoms with Gasteiger partial charge in [0.25, 0.3) is 0 Å². The molecular formula is C33H14BN7. The van der Waals surface area contributed by atoms with Crippen LogP contribution in [0.1, 0.15) is 16.7 Å². The average Bonchev–Trinajstić information content (AvgIpc) is 3.54. The Morgan fingerprint density at radius 2 is 1.49 bits per heavy atom. The van der Waals surface area contributed by atoms with E-state index in [-0.39, 0.29) is 0 Å². The second-order valence-corrected chi connectivity index (χ2v) is 10.1. The Morgan fingerprint density at radius 3 is 2.27 bits per heavy atom. The highest BCUT2D eigenvalue weighted by Gasteiger charge is 2.37. The van der Waals surface area contributed by atoms with E-state index in [0.29, 0.717) is 44.2 Å². The second kappa shape index (κ2) is 8.08. The molecule has 0 unspecified atom stereocenters. The van der Waals surface area contributed by atoms with Gasteiger partial charge in [0.1, 0.15) is 6.07 Å². The minimum absolute atomic E-state index is 0.327. The number of rotatable bonds is 1. The van der Waals surface area contributed by atoms with Gasteiger partial charge in [0.15, 0.2) is 5.69 Å². The summed E-state index contributed by atoms with van der Waals surface area (Å²) in [7, 11) is 0. The second-order valence-electron chi connectivity index (χ2n) is 10.1. The van der Waals surface area contributed by atoms with Crippen LogP contribution in [-0.4, -0.2) is 20.9 Å². The highest BCUT2D eigenvalue weighted by atomic mass is 15.0. The number of benzene rings is 4. The zero-order valence-electron chi connectivity index (χ0n) is 21.3. The summed E-state index contributed by atoms with van der Waals surface area (Å²) in [4.78, 5) is 8.02. The van der Waals surface area contributed by atoms with E-state index in [1.165, 1.54) is 0 Å². The van der Waals surface area contributed by atoms with Crippen molar-refractivity contribution < 1.29 is 0 Å². The largest absolute Gasteiger partial charge is 0.374 e. The molecule has 1 aliphatic rings. The van der Waals surface area contributed by atoms with Crippen LogP contribution in [0, 0.1) is 40.6 Å². The Balaban J connectivity index is 1.65. The zero-order valence-corrected chi connectivity index (χ0v) is 21.3. The lowest BCUT2D eigenvalue weighted by Gasteiger charge is -2.28. The fraction of sp³-hybridized carbons (Fsp3) is 0. The van der Waals surface area contributed by atoms with Gasteiger partial charge in [0.2, 0.25) is 0 Å². The normalized spacial score (nSPS) is 11.8. The van der Waals surface area contributed by atoms with Crippen LogP contribution in [0.25, 0.3) is 54.1 Å². The number of para-hydroxylation sites is 2. The molecule has 0 saturated carbocycles. The minimum Gasteiger partial charge on any atom is -0.374 e. The van der Waals surface area contributed by atoms with Crippen molar-refractivity contribution in [1.82, 2.24) is 14.0 Å². The summed E-state index contributed by atoms with van der Waals surface area (Å²) >= 11 is 0. The summed E-state index contributed by atoms with van der Waals surface area (Å²) in [5.74, 6) is 0. The van der Waals surface area contributed by atoms with E-state index >= 15 is 0 Å². The van der Waals surface area contributed by atoms with E-state index in [9.17, 15) is 15.8 Å². The molecule has 0 atom stereocenters. The van der Waals surface area contributed by atoms with Crippen LogP contribution in [0.15, 0.2) is 85.2 Å². The fourth-order valence-electron chi connectivity index (χ4n) is 6.63. The minimum atomic E-state index is -0.398. The standard InChI is InChI=1S/C33H14BN7/c1-38-22-13-21(17-37)32-25(14-22)24-12-19(15-35)11-20(16-36)31(24)41(32)34-27-6-2-3-8-30(27)40-29-9-10-39-18-26(29)23-5-4-7-28(34)33(23)40/h2-14,18H. The molecule has 0 radical (unpaired) electrons. The molecule has 4 aromatic carbocycles. The summed E-state index contributed by atoms with van der Waals surface area (Å²) < 4.78 is 4.34. The number of fused-ring (bicyclic) bond motifs is 8. The number of hydrogen-bond donors (Lipinski definition) is 0. The highest BCUT2D eigenvalue weighted by molar-refractivity contribution is 6.88. The number of hydrogen-bond acceptors (Lipinski definition) is 4. The van der Waals surface area contributed by atoms with Gasteiger partial charge in [-0.25, -0.2) is 4.85 Å². The summed E-state index contributed by atoms with van der Waals surface area (Å²) in [6.45, 7) is 7.26. The monoisotopic (exact) mass is 519 g/mol. The quantitative estimate of drug-likeness (QED) is 0.214. The van der Waals surface area contributed by atoms with Crippen molar-refractivity contribution in [2.45, 2.75) is 0 Å². The first-order chi connectivity index (χ1) is 20.2. The zero-order chi connectivity index (χ0) is 27.8. The van der Waals surface area contributed by atoms with Crippen molar-refractivity contribution in [3.05, 3.63) is 113 Å². The fourth-order valence-corrected chi connectivity index (χ4v) is 6.63. The Bertz CT molecular complexity index is 2400. The van der Waals surface area contributed by atoms with Gasteiger partial charge in [0, 0.05) is 34.2 Å². The van der Waals surface area contributed by atoms with Crippen molar-refractivity contribution in [3.8, 4) is 23.9 Å². The van der Waals surface area contributed by atoms with Gasteiger partial charge in [-0.05, 0) is 52.7 Å². The van der Waals surface area contributed by atoms with Gasteiger partial charge < -0.3 is 9.05 Å². The van der Waals surface area contributed by atoms with Crippen molar-refractivity contribution in [3.63, 3.8) is 0 Å². The number of aromatic nitrogens is 3. The third-order valence-corrected chi connectivity index (χ3v) is 8.12. The molecule has 41 heavy (non-hydrogen) atoms. The number of nitriles is 3. The van der Waals surface area contributed by atoms with Crippen LogP contribution < -0.4 is 10.9 Å². The molecule has 0 bridgehead atoms. The molecule has 0 spiro atoms. The first-order valence-corrected chi connectivity index (χ1v) is 12.9. The molecular weight excluding hydrogens is 505 g/mol. The van der Waals surface area contributed by atoms with Crippen LogP contribution in [0.2, 0.25) is 0 Å². The first kappa shape index (κ1) is 22.6. The Hall–Kier alpha value is -6.35. The molecule has 7 nitrogen and oxygen atoms in total. The Morgan fingerprint density at radius 1 is 0.732 bits per heavy atom. The molecule has 7 aromatic rings. The van der Waals surface area contributed by atoms with E-state index in [1.54, 1.807) is 30.5 Å². The predicted molar refractivity (Wildman–Crippen MR) is 159 cm³/mol. The molecule has 0 saturated heterocycles. The first-order valence-electron chi connectivity index (χ1n) is 12.9. The maximum absolute atomic E-state index is 10.3. The van der Waals surface area contributed by atoms with Crippen LogP contribution in [0.3, 0.4) is 0 Å². The maximum atomic E-state index is 10.3. The number of pyridine rings is 1. The van der Waals surface area contributed by atoms with Crippen LogP contribution in [-0.2, 0) is 0 Å². The van der Waals surface area contributed by atoms with Crippen molar-refractivity contribution in [2.75, 3.05) is 0 Å². The molecule has 0 fully saturated rings. The van der Waals surface area contributed by atoms with Gasteiger partial charge in [-0.3, -0.25) is 4.98 Å². The lowest BCUT2D eigenvalue weighted by molar-refractivity contribution is 1.17. The molecule has 1 aliphatic heterocycles. The summed E-state index contributed by atoms with van der Waals surface area (Å²) in [5.41, 5.74) is 7.72. The van der Waals surface area contributed by atoms with E-state index < -0.39 is 6.85 Å². The van der Waals surface area contributed by atoms with Gasteiger partial charge in [-0.2, -0.15) is 15.8 Å². The molecule has 8 rings (SSSR count). The van der Waals surface area contributed by atoms with Gasteiger partial charge >= 0.3 is 6.85 Å².